The average Bonchev–Trinajstić information content (AvgIpc) is 2.83. The number of aromatic nitrogens is 1. The summed E-state index contributed by atoms with van der Waals surface area (Å²) >= 11 is 0. The van der Waals surface area contributed by atoms with Crippen LogP contribution in [0.5, 0.6) is 0 Å². The number of carboxylic acids is 1. The monoisotopic (exact) mass is 318 g/mol. The number of aromatic carboxylic acids is 1. The lowest BCUT2D eigenvalue weighted by Crippen LogP contribution is -2.32. The van der Waals surface area contributed by atoms with Gasteiger partial charge in [-0.3, -0.25) is 4.79 Å². The molecule has 9 heteroatoms. The van der Waals surface area contributed by atoms with Gasteiger partial charge in [-0.1, -0.05) is 6.92 Å². The van der Waals surface area contributed by atoms with Crippen LogP contribution in [0.25, 0.3) is 0 Å². The number of esters is 1. The Hall–Kier alpha value is -1.87. The molecule has 0 saturated heterocycles. The third kappa shape index (κ3) is 3.82. The lowest BCUT2D eigenvalue weighted by atomic mass is 10.4. The molecule has 0 spiro atoms. The number of likely N-dealkylation sites (N-methyl/N-ethyl adjacent to an activating group) is 1. The van der Waals surface area contributed by atoms with Crippen molar-refractivity contribution in [3.8, 4) is 0 Å². The quantitative estimate of drug-likeness (QED) is 0.729. The summed E-state index contributed by atoms with van der Waals surface area (Å²) in [4.78, 5) is 22.1. The highest BCUT2D eigenvalue weighted by Crippen LogP contribution is 2.18. The molecule has 0 aliphatic rings. The van der Waals surface area contributed by atoms with Gasteiger partial charge in [0.1, 0.15) is 17.1 Å². The molecule has 118 valence electrons. The first-order valence-electron chi connectivity index (χ1n) is 6.20. The topological polar surface area (TPSA) is 106 Å². The van der Waals surface area contributed by atoms with E-state index in [2.05, 4.69) is 4.74 Å². The number of nitrogens with zero attached hydrogens (tertiary/aromatic N) is 2. The number of carbonyl (C=O) groups excluding carboxylic acids is 1. The fourth-order valence-electron chi connectivity index (χ4n) is 1.74. The molecule has 8 nitrogen and oxygen atoms in total. The van der Waals surface area contributed by atoms with Gasteiger partial charge in [-0.15, -0.1) is 0 Å². The third-order valence-corrected chi connectivity index (χ3v) is 4.61. The van der Waals surface area contributed by atoms with E-state index < -0.39 is 28.5 Å². The zero-order valence-electron chi connectivity index (χ0n) is 12.1. The SMILES string of the molecule is CCCn1cc(S(=O)(=O)N(C)CC(=O)OC)cc1C(=O)O. The Bertz CT molecular complexity index is 634. The van der Waals surface area contributed by atoms with E-state index in [-0.39, 0.29) is 10.6 Å². The largest absolute Gasteiger partial charge is 0.477 e. The first-order chi connectivity index (χ1) is 9.73. The lowest BCUT2D eigenvalue weighted by molar-refractivity contribution is -0.140. The molecule has 0 saturated carbocycles. The Kier molecular flexibility index (Phi) is 5.50. The minimum atomic E-state index is -3.95. The highest BCUT2D eigenvalue weighted by molar-refractivity contribution is 7.89. The second kappa shape index (κ2) is 6.72. The molecule has 0 atom stereocenters. The van der Waals surface area contributed by atoms with Crippen molar-refractivity contribution in [2.24, 2.45) is 0 Å². The number of carbonyl (C=O) groups is 2. The van der Waals surface area contributed by atoms with Gasteiger partial charge in [0.25, 0.3) is 0 Å². The summed E-state index contributed by atoms with van der Waals surface area (Å²) in [5.41, 5.74) is -0.109. The number of aryl methyl sites for hydroxylation is 1. The molecule has 0 amide bonds. The maximum Gasteiger partial charge on any atom is 0.352 e. The molecular formula is C12H18N2O6S. The summed E-state index contributed by atoms with van der Waals surface area (Å²) in [5.74, 6) is -1.91. The summed E-state index contributed by atoms with van der Waals surface area (Å²) < 4.78 is 31.2. The number of rotatable bonds is 7. The smallest absolute Gasteiger partial charge is 0.352 e. The van der Waals surface area contributed by atoms with Crippen LogP contribution < -0.4 is 0 Å². The molecule has 0 aromatic carbocycles. The number of hydrogen-bond acceptors (Lipinski definition) is 5. The Balaban J connectivity index is 3.16. The Morgan fingerprint density at radius 1 is 1.43 bits per heavy atom. The number of carboxylic acid groups (broad SMARTS) is 1. The van der Waals surface area contributed by atoms with Crippen LogP contribution in [0.2, 0.25) is 0 Å². The van der Waals surface area contributed by atoms with E-state index in [1.165, 1.54) is 17.8 Å². The van der Waals surface area contributed by atoms with Gasteiger partial charge in [0.2, 0.25) is 10.0 Å². The molecule has 1 rings (SSSR count). The van der Waals surface area contributed by atoms with Gasteiger partial charge in [-0.2, -0.15) is 4.31 Å². The number of hydrogen-bond donors (Lipinski definition) is 1. The van der Waals surface area contributed by atoms with Gasteiger partial charge in [-0.05, 0) is 12.5 Å². The van der Waals surface area contributed by atoms with Crippen LogP contribution in [-0.2, 0) is 26.1 Å². The molecule has 0 bridgehead atoms. The summed E-state index contributed by atoms with van der Waals surface area (Å²) in [6, 6.07) is 1.08. The summed E-state index contributed by atoms with van der Waals surface area (Å²) in [6.07, 6.45) is 1.92. The molecule has 1 heterocycles. The zero-order valence-corrected chi connectivity index (χ0v) is 12.9. The van der Waals surface area contributed by atoms with E-state index in [1.807, 2.05) is 6.92 Å². The number of methoxy groups -OCH3 is 1. The van der Waals surface area contributed by atoms with Crippen molar-refractivity contribution in [3.63, 3.8) is 0 Å². The van der Waals surface area contributed by atoms with E-state index >= 15 is 0 Å². The van der Waals surface area contributed by atoms with Crippen molar-refractivity contribution in [2.45, 2.75) is 24.8 Å². The highest BCUT2D eigenvalue weighted by Gasteiger charge is 2.26. The predicted octanol–water partition coefficient (Wildman–Crippen LogP) is 0.390. The van der Waals surface area contributed by atoms with Crippen LogP contribution in [0.4, 0.5) is 0 Å². The van der Waals surface area contributed by atoms with Crippen LogP contribution in [0.3, 0.4) is 0 Å². The van der Waals surface area contributed by atoms with Crippen LogP contribution in [0.15, 0.2) is 17.2 Å². The third-order valence-electron chi connectivity index (χ3n) is 2.84. The summed E-state index contributed by atoms with van der Waals surface area (Å²) in [5, 5.41) is 9.09. The second-order valence-corrected chi connectivity index (χ2v) is 6.44. The van der Waals surface area contributed by atoms with Crippen LogP contribution in [-0.4, -0.2) is 55.0 Å². The molecule has 1 aromatic heterocycles. The lowest BCUT2D eigenvalue weighted by Gasteiger charge is -2.14. The van der Waals surface area contributed by atoms with Crippen molar-refractivity contribution in [1.29, 1.82) is 0 Å². The van der Waals surface area contributed by atoms with Crippen molar-refractivity contribution < 1.29 is 27.9 Å². The van der Waals surface area contributed by atoms with Crippen molar-refractivity contribution in [1.82, 2.24) is 8.87 Å². The average molecular weight is 318 g/mol. The summed E-state index contributed by atoms with van der Waals surface area (Å²) in [7, 11) is -1.57. The van der Waals surface area contributed by atoms with Gasteiger partial charge in [0.15, 0.2) is 0 Å². The molecule has 0 aliphatic carbocycles. The number of ether oxygens (including phenoxy) is 1. The fraction of sp³-hybridized carbons (Fsp3) is 0.500. The molecule has 0 unspecified atom stereocenters. The maximum atomic E-state index is 12.3. The van der Waals surface area contributed by atoms with Gasteiger partial charge >= 0.3 is 11.9 Å². The predicted molar refractivity (Wildman–Crippen MR) is 73.5 cm³/mol. The minimum Gasteiger partial charge on any atom is -0.477 e. The first-order valence-corrected chi connectivity index (χ1v) is 7.64. The van der Waals surface area contributed by atoms with E-state index in [0.29, 0.717) is 13.0 Å². The van der Waals surface area contributed by atoms with Crippen molar-refractivity contribution >= 4 is 22.0 Å². The molecule has 21 heavy (non-hydrogen) atoms. The molecule has 0 radical (unpaired) electrons. The van der Waals surface area contributed by atoms with Crippen LogP contribution >= 0.6 is 0 Å². The standard InChI is InChI=1S/C12H18N2O6S/c1-4-5-14-7-9(6-10(14)12(16)17)21(18,19)13(2)8-11(15)20-3/h6-7H,4-5,8H2,1-3H3,(H,16,17). The zero-order chi connectivity index (χ0) is 16.2. The fourth-order valence-corrected chi connectivity index (χ4v) is 2.90. The molecule has 1 aromatic rings. The maximum absolute atomic E-state index is 12.3. The first kappa shape index (κ1) is 17.2. The van der Waals surface area contributed by atoms with Crippen molar-refractivity contribution in [3.05, 3.63) is 18.0 Å². The van der Waals surface area contributed by atoms with Crippen LogP contribution in [0, 0.1) is 0 Å². The molecule has 1 N–H and O–H groups in total. The van der Waals surface area contributed by atoms with Gasteiger partial charge in [-0.25, -0.2) is 13.2 Å². The van der Waals surface area contributed by atoms with Crippen LogP contribution in [0.1, 0.15) is 23.8 Å². The Labute approximate surface area is 123 Å². The van der Waals surface area contributed by atoms with Crippen molar-refractivity contribution in [2.75, 3.05) is 20.7 Å². The molecule has 0 fully saturated rings. The molecular weight excluding hydrogens is 300 g/mol. The molecule has 0 aliphatic heterocycles. The summed E-state index contributed by atoms with van der Waals surface area (Å²) in [6.45, 7) is 1.79. The van der Waals surface area contributed by atoms with Gasteiger partial charge in [0.05, 0.1) is 7.11 Å². The second-order valence-electron chi connectivity index (χ2n) is 4.40. The normalized spacial score (nSPS) is 11.6. The highest BCUT2D eigenvalue weighted by atomic mass is 32.2. The number of sulfonamides is 1. The van der Waals surface area contributed by atoms with Gasteiger partial charge in [0, 0.05) is 19.8 Å². The van der Waals surface area contributed by atoms with E-state index in [0.717, 1.165) is 17.5 Å². The van der Waals surface area contributed by atoms with E-state index in [1.54, 1.807) is 0 Å². The Morgan fingerprint density at radius 2 is 2.05 bits per heavy atom. The van der Waals surface area contributed by atoms with E-state index in [9.17, 15) is 18.0 Å². The van der Waals surface area contributed by atoms with Gasteiger partial charge < -0.3 is 14.4 Å². The Morgan fingerprint density at radius 3 is 2.52 bits per heavy atom. The minimum absolute atomic E-state index is 0.109. The van der Waals surface area contributed by atoms with E-state index in [4.69, 9.17) is 5.11 Å².